The van der Waals surface area contributed by atoms with Crippen molar-refractivity contribution < 1.29 is 19.1 Å². The van der Waals surface area contributed by atoms with Crippen LogP contribution in [0.25, 0.3) is 0 Å². The van der Waals surface area contributed by atoms with E-state index in [1.165, 1.54) is 49.8 Å². The topological polar surface area (TPSA) is 55.8 Å². The number of unbranched alkanes of at least 4 members (excludes halogenated alkanes) is 8. The minimum atomic E-state index is -0.599. The predicted octanol–water partition coefficient (Wildman–Crippen LogP) is 5.17. The second-order valence-electron chi connectivity index (χ2n) is 6.99. The number of carbonyl (C=O) groups excluding carboxylic acids is 2. The Morgan fingerprint density at radius 3 is 1.84 bits per heavy atom. The van der Waals surface area contributed by atoms with Crippen LogP contribution in [-0.4, -0.2) is 43.3 Å². The highest BCUT2D eigenvalue weighted by Crippen LogP contribution is 2.14. The molecule has 0 bridgehead atoms. The molecule has 0 fully saturated rings. The highest BCUT2D eigenvalue weighted by atomic mass is 16.6. The lowest BCUT2D eigenvalue weighted by Gasteiger charge is -2.28. The Hall–Kier alpha value is -1.26. The normalized spacial score (nSPS) is 12.1. The van der Waals surface area contributed by atoms with Crippen molar-refractivity contribution in [2.45, 2.75) is 91.5 Å². The highest BCUT2D eigenvalue weighted by molar-refractivity contribution is 5.81. The van der Waals surface area contributed by atoms with Crippen molar-refractivity contribution in [3.63, 3.8) is 0 Å². The number of hydrogen-bond donors (Lipinski definition) is 0. The quantitative estimate of drug-likeness (QED) is 0.318. The molecule has 0 spiro atoms. The zero-order valence-corrected chi connectivity index (χ0v) is 17.0. The molecule has 0 rings (SSSR count). The molecule has 0 saturated heterocycles. The van der Waals surface area contributed by atoms with Gasteiger partial charge in [-0.1, -0.05) is 72.1 Å². The highest BCUT2D eigenvalue weighted by Gasteiger charge is 2.31. The SMILES string of the molecule is CCCCCCCCCCCOC(=O)C(C(C)C)N(C)C(=O)OCC. The van der Waals surface area contributed by atoms with Gasteiger partial charge in [0.25, 0.3) is 0 Å². The van der Waals surface area contributed by atoms with E-state index in [-0.39, 0.29) is 11.9 Å². The van der Waals surface area contributed by atoms with Crippen molar-refractivity contribution in [3.8, 4) is 0 Å². The summed E-state index contributed by atoms with van der Waals surface area (Å²) in [6.07, 6.45) is 10.5. The van der Waals surface area contributed by atoms with Crippen LogP contribution >= 0.6 is 0 Å². The first-order chi connectivity index (χ1) is 12.0. The molecule has 0 saturated carbocycles. The standard InChI is InChI=1S/C20H39NO4/c1-6-8-9-10-11-12-13-14-15-16-25-19(22)18(17(3)4)21(5)20(23)24-7-2/h17-18H,6-16H2,1-5H3. The van der Waals surface area contributed by atoms with Crippen molar-refractivity contribution >= 4 is 12.1 Å². The number of amides is 1. The maximum absolute atomic E-state index is 12.3. The van der Waals surface area contributed by atoms with Gasteiger partial charge in [-0.05, 0) is 19.3 Å². The molecular formula is C20H39NO4. The molecule has 1 unspecified atom stereocenters. The summed E-state index contributed by atoms with van der Waals surface area (Å²) in [5, 5.41) is 0. The van der Waals surface area contributed by atoms with Gasteiger partial charge in [-0.15, -0.1) is 0 Å². The van der Waals surface area contributed by atoms with E-state index in [1.54, 1.807) is 14.0 Å². The molecule has 0 aliphatic heterocycles. The molecule has 0 N–H and O–H groups in total. The summed E-state index contributed by atoms with van der Waals surface area (Å²) in [5.74, 6) is -0.366. The van der Waals surface area contributed by atoms with Gasteiger partial charge < -0.3 is 9.47 Å². The number of likely N-dealkylation sites (N-methyl/N-ethyl adjacent to an activating group) is 1. The summed E-state index contributed by atoms with van der Waals surface area (Å²) < 4.78 is 10.4. The smallest absolute Gasteiger partial charge is 0.410 e. The third kappa shape index (κ3) is 11.1. The number of rotatable bonds is 14. The molecule has 0 heterocycles. The lowest BCUT2D eigenvalue weighted by Crippen LogP contribution is -2.46. The van der Waals surface area contributed by atoms with Crippen molar-refractivity contribution in [2.75, 3.05) is 20.3 Å². The number of hydrogen-bond acceptors (Lipinski definition) is 4. The number of esters is 1. The Balaban J connectivity index is 3.95. The van der Waals surface area contributed by atoms with E-state index in [4.69, 9.17) is 9.47 Å². The Labute approximate surface area is 154 Å². The van der Waals surface area contributed by atoms with Crippen LogP contribution in [0.2, 0.25) is 0 Å². The summed E-state index contributed by atoms with van der Waals surface area (Å²) >= 11 is 0. The Morgan fingerprint density at radius 1 is 0.840 bits per heavy atom. The van der Waals surface area contributed by atoms with Crippen LogP contribution in [0.4, 0.5) is 4.79 Å². The van der Waals surface area contributed by atoms with Crippen molar-refractivity contribution in [2.24, 2.45) is 5.92 Å². The van der Waals surface area contributed by atoms with Crippen LogP contribution < -0.4 is 0 Å². The van der Waals surface area contributed by atoms with Gasteiger partial charge in [0.15, 0.2) is 0 Å². The minimum Gasteiger partial charge on any atom is -0.464 e. The first kappa shape index (κ1) is 23.7. The maximum atomic E-state index is 12.3. The fourth-order valence-corrected chi connectivity index (χ4v) is 2.89. The van der Waals surface area contributed by atoms with Crippen LogP contribution in [0.5, 0.6) is 0 Å². The van der Waals surface area contributed by atoms with E-state index in [1.807, 2.05) is 13.8 Å². The average Bonchev–Trinajstić information content (AvgIpc) is 2.56. The van der Waals surface area contributed by atoms with Gasteiger partial charge in [0.1, 0.15) is 6.04 Å². The van der Waals surface area contributed by atoms with Crippen LogP contribution in [0.15, 0.2) is 0 Å². The Kier molecular flexibility index (Phi) is 14.3. The second kappa shape index (κ2) is 15.0. The zero-order valence-electron chi connectivity index (χ0n) is 17.0. The van der Waals surface area contributed by atoms with E-state index in [2.05, 4.69) is 6.92 Å². The molecule has 1 atom stereocenters. The van der Waals surface area contributed by atoms with Crippen LogP contribution in [0, 0.1) is 5.92 Å². The minimum absolute atomic E-state index is 0.0231. The van der Waals surface area contributed by atoms with Gasteiger partial charge in [-0.2, -0.15) is 0 Å². The molecular weight excluding hydrogens is 318 g/mol. The van der Waals surface area contributed by atoms with E-state index in [0.29, 0.717) is 13.2 Å². The molecule has 25 heavy (non-hydrogen) atoms. The first-order valence-corrected chi connectivity index (χ1v) is 10.0. The lowest BCUT2D eigenvalue weighted by atomic mass is 10.0. The summed E-state index contributed by atoms with van der Waals surface area (Å²) in [6, 6.07) is -0.599. The average molecular weight is 358 g/mol. The lowest BCUT2D eigenvalue weighted by molar-refractivity contribution is -0.150. The molecule has 0 aliphatic carbocycles. The second-order valence-corrected chi connectivity index (χ2v) is 6.99. The largest absolute Gasteiger partial charge is 0.464 e. The molecule has 1 amide bonds. The summed E-state index contributed by atoms with van der Waals surface area (Å²) in [5.41, 5.74) is 0. The van der Waals surface area contributed by atoms with E-state index in [9.17, 15) is 9.59 Å². The van der Waals surface area contributed by atoms with Crippen molar-refractivity contribution in [1.82, 2.24) is 4.90 Å². The molecule has 0 aromatic heterocycles. The Morgan fingerprint density at radius 2 is 1.36 bits per heavy atom. The van der Waals surface area contributed by atoms with Gasteiger partial charge >= 0.3 is 12.1 Å². The number of nitrogens with zero attached hydrogens (tertiary/aromatic N) is 1. The van der Waals surface area contributed by atoms with E-state index in [0.717, 1.165) is 12.8 Å². The predicted molar refractivity (Wildman–Crippen MR) is 102 cm³/mol. The van der Waals surface area contributed by atoms with Crippen molar-refractivity contribution in [3.05, 3.63) is 0 Å². The van der Waals surface area contributed by atoms with Gasteiger partial charge in [0, 0.05) is 7.05 Å². The molecule has 0 aliphatic rings. The van der Waals surface area contributed by atoms with E-state index >= 15 is 0 Å². The van der Waals surface area contributed by atoms with Gasteiger partial charge in [-0.3, -0.25) is 4.90 Å². The molecule has 5 nitrogen and oxygen atoms in total. The number of carbonyl (C=O) groups is 2. The fourth-order valence-electron chi connectivity index (χ4n) is 2.89. The van der Waals surface area contributed by atoms with Gasteiger partial charge in [0.05, 0.1) is 13.2 Å². The molecule has 0 aromatic carbocycles. The summed E-state index contributed by atoms with van der Waals surface area (Å²) in [6.45, 7) is 8.50. The van der Waals surface area contributed by atoms with Gasteiger partial charge in [-0.25, -0.2) is 9.59 Å². The van der Waals surface area contributed by atoms with Crippen LogP contribution in [0.3, 0.4) is 0 Å². The number of ether oxygens (including phenoxy) is 2. The third-order valence-electron chi connectivity index (χ3n) is 4.34. The fraction of sp³-hybridized carbons (Fsp3) is 0.900. The summed E-state index contributed by atoms with van der Waals surface area (Å²) in [7, 11) is 1.59. The third-order valence-corrected chi connectivity index (χ3v) is 4.34. The van der Waals surface area contributed by atoms with Gasteiger partial charge in [0.2, 0.25) is 0 Å². The molecule has 0 aromatic rings. The van der Waals surface area contributed by atoms with E-state index < -0.39 is 12.1 Å². The zero-order chi connectivity index (χ0) is 19.1. The Bertz CT molecular complexity index is 358. The molecule has 5 heteroatoms. The maximum Gasteiger partial charge on any atom is 0.410 e. The van der Waals surface area contributed by atoms with Crippen LogP contribution in [-0.2, 0) is 14.3 Å². The van der Waals surface area contributed by atoms with Crippen molar-refractivity contribution in [1.29, 1.82) is 0 Å². The molecule has 0 radical (unpaired) electrons. The molecule has 148 valence electrons. The first-order valence-electron chi connectivity index (χ1n) is 10.0. The summed E-state index contributed by atoms with van der Waals surface area (Å²) in [4.78, 5) is 25.5. The monoisotopic (exact) mass is 357 g/mol. The van der Waals surface area contributed by atoms with Crippen LogP contribution in [0.1, 0.15) is 85.5 Å².